The first-order valence-corrected chi connectivity index (χ1v) is 8.52. The van der Waals surface area contributed by atoms with Crippen LogP contribution in [0, 0.1) is 0 Å². The van der Waals surface area contributed by atoms with Crippen molar-refractivity contribution in [2.45, 2.75) is 32.8 Å². The van der Waals surface area contributed by atoms with Crippen LogP contribution in [0.5, 0.6) is 11.5 Å². The van der Waals surface area contributed by atoms with Crippen molar-refractivity contribution < 1.29 is 13.9 Å². The first-order chi connectivity index (χ1) is 12.2. The SMILES string of the molecule is CCCCc1cc(=O)oc2cc(OCc3ccc(OC)cc3)ccc12. The van der Waals surface area contributed by atoms with Gasteiger partial charge >= 0.3 is 5.63 Å². The Hall–Kier alpha value is -2.75. The minimum atomic E-state index is -0.314. The first-order valence-electron chi connectivity index (χ1n) is 8.52. The molecule has 0 N–H and O–H groups in total. The maximum atomic E-state index is 11.8. The number of methoxy groups -OCH3 is 1. The van der Waals surface area contributed by atoms with E-state index in [-0.39, 0.29) is 5.63 Å². The van der Waals surface area contributed by atoms with Gasteiger partial charge in [-0.2, -0.15) is 0 Å². The van der Waals surface area contributed by atoms with E-state index in [1.807, 2.05) is 36.4 Å². The summed E-state index contributed by atoms with van der Waals surface area (Å²) in [5.41, 5.74) is 2.34. The molecule has 2 aromatic carbocycles. The Morgan fingerprint density at radius 3 is 2.48 bits per heavy atom. The third-order valence-electron chi connectivity index (χ3n) is 4.17. The van der Waals surface area contributed by atoms with Crippen LogP contribution in [-0.2, 0) is 13.0 Å². The molecule has 4 heteroatoms. The summed E-state index contributed by atoms with van der Waals surface area (Å²) in [7, 11) is 1.64. The average molecular weight is 338 g/mol. The van der Waals surface area contributed by atoms with Gasteiger partial charge in [-0.05, 0) is 48.2 Å². The third-order valence-corrected chi connectivity index (χ3v) is 4.17. The van der Waals surface area contributed by atoms with Gasteiger partial charge in [0.25, 0.3) is 0 Å². The van der Waals surface area contributed by atoms with Gasteiger partial charge in [0.2, 0.25) is 0 Å². The number of rotatable bonds is 7. The summed E-state index contributed by atoms with van der Waals surface area (Å²) in [5.74, 6) is 1.50. The zero-order valence-corrected chi connectivity index (χ0v) is 14.6. The van der Waals surface area contributed by atoms with Crippen molar-refractivity contribution in [2.75, 3.05) is 7.11 Å². The van der Waals surface area contributed by atoms with Crippen molar-refractivity contribution in [1.82, 2.24) is 0 Å². The lowest BCUT2D eigenvalue weighted by Gasteiger charge is -2.09. The van der Waals surface area contributed by atoms with Crippen LogP contribution in [0.25, 0.3) is 11.0 Å². The maximum absolute atomic E-state index is 11.8. The third kappa shape index (κ3) is 4.21. The van der Waals surface area contributed by atoms with Crippen LogP contribution >= 0.6 is 0 Å². The summed E-state index contributed by atoms with van der Waals surface area (Å²) in [4.78, 5) is 11.8. The molecular weight excluding hydrogens is 316 g/mol. The van der Waals surface area contributed by atoms with E-state index in [2.05, 4.69) is 6.92 Å². The van der Waals surface area contributed by atoms with Crippen LogP contribution in [0.1, 0.15) is 30.9 Å². The molecule has 130 valence electrons. The smallest absolute Gasteiger partial charge is 0.336 e. The van der Waals surface area contributed by atoms with E-state index in [4.69, 9.17) is 13.9 Å². The van der Waals surface area contributed by atoms with E-state index in [9.17, 15) is 4.79 Å². The summed E-state index contributed by atoms with van der Waals surface area (Å²) >= 11 is 0. The Morgan fingerprint density at radius 1 is 1.00 bits per heavy atom. The number of hydrogen-bond donors (Lipinski definition) is 0. The fourth-order valence-corrected chi connectivity index (χ4v) is 2.76. The van der Waals surface area contributed by atoms with Gasteiger partial charge in [-0.3, -0.25) is 0 Å². The number of fused-ring (bicyclic) bond motifs is 1. The zero-order chi connectivity index (χ0) is 17.6. The summed E-state index contributed by atoms with van der Waals surface area (Å²) in [6, 6.07) is 15.0. The minimum Gasteiger partial charge on any atom is -0.497 e. The molecule has 0 aliphatic rings. The van der Waals surface area contributed by atoms with Crippen LogP contribution in [0.2, 0.25) is 0 Å². The van der Waals surface area contributed by atoms with Crippen LogP contribution in [0.4, 0.5) is 0 Å². The fraction of sp³-hybridized carbons (Fsp3) is 0.286. The largest absolute Gasteiger partial charge is 0.497 e. The van der Waals surface area contributed by atoms with Crippen LogP contribution in [0.15, 0.2) is 57.7 Å². The Balaban J connectivity index is 1.79. The second kappa shape index (κ2) is 7.88. The van der Waals surface area contributed by atoms with E-state index in [0.29, 0.717) is 17.9 Å². The number of aryl methyl sites for hydroxylation is 1. The maximum Gasteiger partial charge on any atom is 0.336 e. The van der Waals surface area contributed by atoms with Crippen molar-refractivity contribution in [3.8, 4) is 11.5 Å². The summed E-state index contributed by atoms with van der Waals surface area (Å²) in [6.07, 6.45) is 3.02. The topological polar surface area (TPSA) is 48.7 Å². The highest BCUT2D eigenvalue weighted by Crippen LogP contribution is 2.24. The minimum absolute atomic E-state index is 0.314. The quantitative estimate of drug-likeness (QED) is 0.585. The van der Waals surface area contributed by atoms with Crippen LogP contribution in [0.3, 0.4) is 0 Å². The molecule has 4 nitrogen and oxygen atoms in total. The van der Waals surface area contributed by atoms with Gasteiger partial charge in [-0.25, -0.2) is 4.79 Å². The van der Waals surface area contributed by atoms with Gasteiger partial charge in [-0.15, -0.1) is 0 Å². The normalized spacial score (nSPS) is 10.8. The molecule has 0 atom stereocenters. The van der Waals surface area contributed by atoms with Gasteiger partial charge in [0.15, 0.2) is 0 Å². The molecule has 0 saturated heterocycles. The molecule has 0 unspecified atom stereocenters. The van der Waals surface area contributed by atoms with E-state index in [0.717, 1.165) is 41.5 Å². The summed E-state index contributed by atoms with van der Waals surface area (Å²) in [6.45, 7) is 2.58. The monoisotopic (exact) mass is 338 g/mol. The predicted molar refractivity (Wildman–Crippen MR) is 98.4 cm³/mol. The Kier molecular flexibility index (Phi) is 5.39. The van der Waals surface area contributed by atoms with Crippen molar-refractivity contribution in [2.24, 2.45) is 0 Å². The van der Waals surface area contributed by atoms with E-state index in [1.54, 1.807) is 19.2 Å². The lowest BCUT2D eigenvalue weighted by atomic mass is 10.0. The highest BCUT2D eigenvalue weighted by atomic mass is 16.5. The predicted octanol–water partition coefficient (Wildman–Crippen LogP) is 4.72. The van der Waals surface area contributed by atoms with Crippen molar-refractivity contribution in [3.63, 3.8) is 0 Å². The molecule has 1 heterocycles. The molecule has 0 radical (unpaired) electrons. The molecule has 0 fully saturated rings. The Bertz CT molecular complexity index is 894. The van der Waals surface area contributed by atoms with Crippen molar-refractivity contribution in [3.05, 3.63) is 70.1 Å². The molecule has 1 aromatic heterocycles. The van der Waals surface area contributed by atoms with Gasteiger partial charge in [0.05, 0.1) is 7.11 Å². The Morgan fingerprint density at radius 2 is 1.76 bits per heavy atom. The second-order valence-electron chi connectivity index (χ2n) is 5.99. The molecule has 0 amide bonds. The van der Waals surface area contributed by atoms with Gasteiger partial charge < -0.3 is 13.9 Å². The zero-order valence-electron chi connectivity index (χ0n) is 14.6. The lowest BCUT2D eigenvalue weighted by Crippen LogP contribution is -2.01. The fourth-order valence-electron chi connectivity index (χ4n) is 2.76. The average Bonchev–Trinajstić information content (AvgIpc) is 2.64. The first kappa shape index (κ1) is 17.1. The van der Waals surface area contributed by atoms with Crippen LogP contribution in [-0.4, -0.2) is 7.11 Å². The molecule has 0 aliphatic carbocycles. The van der Waals surface area contributed by atoms with Crippen molar-refractivity contribution >= 4 is 11.0 Å². The molecule has 0 saturated carbocycles. The Labute approximate surface area is 147 Å². The second-order valence-corrected chi connectivity index (χ2v) is 5.99. The highest BCUT2D eigenvalue weighted by Gasteiger charge is 2.07. The molecule has 0 spiro atoms. The number of hydrogen-bond acceptors (Lipinski definition) is 4. The number of unbranched alkanes of at least 4 members (excludes halogenated alkanes) is 1. The number of benzene rings is 2. The molecular formula is C21H22O4. The standard InChI is InChI=1S/C21H22O4/c1-3-4-5-16-12-21(22)25-20-13-18(10-11-19(16)20)24-14-15-6-8-17(23-2)9-7-15/h6-13H,3-5,14H2,1-2H3. The van der Waals surface area contributed by atoms with E-state index in [1.165, 1.54) is 0 Å². The molecule has 3 rings (SSSR count). The molecule has 0 bridgehead atoms. The van der Waals surface area contributed by atoms with E-state index < -0.39 is 0 Å². The summed E-state index contributed by atoms with van der Waals surface area (Å²) < 4.78 is 16.3. The molecule has 25 heavy (non-hydrogen) atoms. The molecule has 0 aliphatic heterocycles. The lowest BCUT2D eigenvalue weighted by molar-refractivity contribution is 0.306. The van der Waals surface area contributed by atoms with Gasteiger partial charge in [-0.1, -0.05) is 25.5 Å². The number of ether oxygens (including phenoxy) is 2. The van der Waals surface area contributed by atoms with Crippen LogP contribution < -0.4 is 15.1 Å². The van der Waals surface area contributed by atoms with E-state index >= 15 is 0 Å². The van der Waals surface area contributed by atoms with Gasteiger partial charge in [0, 0.05) is 17.5 Å². The summed E-state index contributed by atoms with van der Waals surface area (Å²) in [5, 5.41) is 0.977. The molecule has 3 aromatic rings. The highest BCUT2D eigenvalue weighted by molar-refractivity contribution is 5.81. The van der Waals surface area contributed by atoms with Gasteiger partial charge in [0.1, 0.15) is 23.7 Å². The van der Waals surface area contributed by atoms with Crippen molar-refractivity contribution in [1.29, 1.82) is 0 Å².